The maximum Gasteiger partial charge on any atom is 0.416 e. The van der Waals surface area contributed by atoms with Gasteiger partial charge in [-0.2, -0.15) is 52.7 Å². The van der Waals surface area contributed by atoms with Gasteiger partial charge in [0, 0.05) is 11.0 Å². The van der Waals surface area contributed by atoms with Crippen LogP contribution < -0.4 is 21.2 Å². The minimum atomic E-state index is -4.66. The molecule has 0 fully saturated rings. The molecule has 1 aliphatic carbocycles. The molecule has 0 saturated heterocycles. The van der Waals surface area contributed by atoms with Crippen LogP contribution in [0, 0.1) is 6.08 Å². The first-order valence-electron chi connectivity index (χ1n) is 14.1. The minimum absolute atomic E-state index is 0.334. The zero-order valence-electron chi connectivity index (χ0n) is 24.8. The molecule has 1 radical (unpaired) electrons. The smallest absolute Gasteiger partial charge is 0.166 e. The van der Waals surface area contributed by atoms with Gasteiger partial charge in [0.15, 0.2) is 0 Å². The van der Waals surface area contributed by atoms with Gasteiger partial charge in [-0.25, -0.2) is 0 Å². The van der Waals surface area contributed by atoms with E-state index >= 15 is 0 Å². The molecule has 0 aromatic heterocycles. The number of hydrogen-bond acceptors (Lipinski definition) is 0. The first-order valence-corrected chi connectivity index (χ1v) is 16.9. The molecule has 4 aromatic rings. The monoisotopic (exact) mass is 731 g/mol. The van der Waals surface area contributed by atoms with Gasteiger partial charge in [0.1, 0.15) is 0 Å². The van der Waals surface area contributed by atoms with Gasteiger partial charge in [-0.3, -0.25) is 0 Å². The molecule has 0 nitrogen and oxygen atoms in total. The van der Waals surface area contributed by atoms with Gasteiger partial charge in [-0.15, -0.1) is 5.73 Å². The van der Waals surface area contributed by atoms with Crippen molar-refractivity contribution in [1.82, 2.24) is 0 Å². The second-order valence-electron chi connectivity index (χ2n) is 10.8. The Bertz CT molecular complexity index is 1760. The number of hydrogen-bond donors (Lipinski definition) is 0. The highest BCUT2D eigenvalue weighted by molar-refractivity contribution is 7.77. The Balaban J connectivity index is 1.61. The van der Waals surface area contributed by atoms with E-state index in [2.05, 4.69) is 11.8 Å². The lowest BCUT2D eigenvalue weighted by Crippen LogP contribution is -2.24. The van der Waals surface area contributed by atoms with E-state index in [0.717, 1.165) is 48.5 Å². The van der Waals surface area contributed by atoms with E-state index in [-0.39, 0.29) is 0 Å². The van der Waals surface area contributed by atoms with Crippen LogP contribution >= 0.6 is 15.8 Å². The quantitative estimate of drug-likeness (QED) is 0.101. The Morgan fingerprint density at radius 1 is 0.449 bits per heavy atom. The molecule has 0 unspecified atom stereocenters. The largest absolute Gasteiger partial charge is 0.416 e. The second-order valence-corrected chi connectivity index (χ2v) is 15.5. The van der Waals surface area contributed by atoms with E-state index in [1.807, 2.05) is 0 Å². The Hall–Kier alpha value is -3.84. The Kier molecular flexibility index (Phi) is 10.0. The highest BCUT2D eigenvalue weighted by Gasteiger charge is 2.37. The average molecular weight is 731 g/mol. The lowest BCUT2D eigenvalue weighted by Gasteiger charge is -2.31. The summed E-state index contributed by atoms with van der Waals surface area (Å²) in [5, 5.41) is 1.81. The molecule has 255 valence electrons. The van der Waals surface area contributed by atoms with Crippen molar-refractivity contribution in [3.8, 4) is 0 Å². The number of benzene rings is 4. The van der Waals surface area contributed by atoms with Crippen molar-refractivity contribution >= 4 is 37.1 Å². The van der Waals surface area contributed by atoms with Gasteiger partial charge >= 0.3 is 24.7 Å². The van der Waals surface area contributed by atoms with Crippen LogP contribution in [0.1, 0.15) is 29.2 Å². The van der Waals surface area contributed by atoms with Crippen molar-refractivity contribution in [1.29, 1.82) is 0 Å². The molecule has 1 atom stereocenters. The van der Waals surface area contributed by atoms with E-state index < -0.39 is 68.5 Å². The Morgan fingerprint density at radius 3 is 1.02 bits per heavy atom. The van der Waals surface area contributed by atoms with Crippen molar-refractivity contribution in [3.63, 3.8) is 0 Å². The highest BCUT2D eigenvalue weighted by Crippen LogP contribution is 2.54. The van der Waals surface area contributed by atoms with Crippen molar-refractivity contribution < 1.29 is 52.7 Å². The minimum Gasteiger partial charge on any atom is -0.166 e. The molecule has 1 aliphatic rings. The predicted molar refractivity (Wildman–Crippen MR) is 166 cm³/mol. The molecular formula is C35H21F12P2. The fraction of sp³-hybridized carbons (Fsp3) is 0.171. The van der Waals surface area contributed by atoms with Crippen LogP contribution in [0.3, 0.4) is 0 Å². The van der Waals surface area contributed by atoms with Crippen LogP contribution in [-0.4, -0.2) is 5.66 Å². The normalized spacial score (nSPS) is 14.8. The van der Waals surface area contributed by atoms with Gasteiger partial charge in [-0.1, -0.05) is 55.5 Å². The Labute approximate surface area is 275 Å². The van der Waals surface area contributed by atoms with E-state index in [1.165, 1.54) is 54.6 Å². The summed E-state index contributed by atoms with van der Waals surface area (Å²) in [6.07, 6.45) is -14.2. The molecule has 0 N–H and O–H groups in total. The first-order chi connectivity index (χ1) is 22.7. The Morgan fingerprint density at radius 2 is 0.735 bits per heavy atom. The number of rotatable bonds is 7. The molecule has 0 amide bonds. The molecule has 0 bridgehead atoms. The van der Waals surface area contributed by atoms with Crippen LogP contribution in [0.25, 0.3) is 0 Å². The predicted octanol–water partition coefficient (Wildman–Crippen LogP) is 10.5. The van der Waals surface area contributed by atoms with E-state index in [9.17, 15) is 52.7 Å². The molecule has 14 heteroatoms. The third kappa shape index (κ3) is 8.15. The summed E-state index contributed by atoms with van der Waals surface area (Å²) in [6, 6.07) is 16.7. The molecule has 0 spiro atoms. The van der Waals surface area contributed by atoms with E-state index in [0.29, 0.717) is 32.1 Å². The van der Waals surface area contributed by atoms with Crippen LogP contribution in [0.4, 0.5) is 52.7 Å². The van der Waals surface area contributed by atoms with E-state index in [1.54, 1.807) is 6.92 Å². The summed E-state index contributed by atoms with van der Waals surface area (Å²) in [4.78, 5) is 0. The third-order valence-corrected chi connectivity index (χ3v) is 12.8. The summed E-state index contributed by atoms with van der Waals surface area (Å²) in [5.74, 6) is 0. The molecule has 0 heterocycles. The van der Waals surface area contributed by atoms with Gasteiger partial charge in [0.25, 0.3) is 0 Å². The molecular weight excluding hydrogens is 710 g/mol. The average Bonchev–Trinajstić information content (AvgIpc) is 3.50. The first kappa shape index (κ1) is 36.4. The number of halogens is 12. The number of alkyl halides is 12. The summed E-state index contributed by atoms with van der Waals surface area (Å²) in [7, 11) is -3.62. The van der Waals surface area contributed by atoms with E-state index in [4.69, 9.17) is 0 Å². The maximum atomic E-state index is 13.4. The zero-order valence-corrected chi connectivity index (χ0v) is 26.6. The summed E-state index contributed by atoms with van der Waals surface area (Å²) in [5.41, 5.74) is -0.989. The zero-order chi connectivity index (χ0) is 35.9. The summed E-state index contributed by atoms with van der Waals surface area (Å²) >= 11 is 0. The molecule has 49 heavy (non-hydrogen) atoms. The highest BCUT2D eigenvalue weighted by atomic mass is 31.1. The van der Waals surface area contributed by atoms with Crippen molar-refractivity contribution in [2.45, 2.75) is 37.3 Å². The molecule has 0 aliphatic heterocycles. The summed E-state index contributed by atoms with van der Waals surface area (Å²) in [6.45, 7) is 1.69. The standard InChI is InChI=1S/C35H21F12P2/c1-21(48(26-13-5-22(6-14-26)32(36,37)38)27-15-7-23(8-16-27)33(39,40)41)30-3-2-4-31(30)49(28-17-9-24(10-18-28)34(42,43)44)29-19-11-25(12-20-29)35(45,46)47/h2,5-21H,1H3/t21-/m1/s1. The second kappa shape index (κ2) is 13.5. The van der Waals surface area contributed by atoms with Crippen molar-refractivity contribution in [2.24, 2.45) is 0 Å². The van der Waals surface area contributed by atoms with Gasteiger partial charge in [-0.05, 0) is 103 Å². The van der Waals surface area contributed by atoms with Crippen molar-refractivity contribution in [2.75, 3.05) is 0 Å². The van der Waals surface area contributed by atoms with Crippen LogP contribution in [-0.2, 0) is 24.7 Å². The third-order valence-electron chi connectivity index (χ3n) is 7.57. The summed E-state index contributed by atoms with van der Waals surface area (Å²) < 4.78 is 161. The topological polar surface area (TPSA) is 0 Å². The molecule has 5 rings (SSSR count). The SMILES string of the molecule is C[C@H](C1=[C]C=C=C1P(c1ccc(C(F)(F)F)cc1)c1ccc(C(F)(F)F)cc1)P(c1ccc(C(F)(F)F)cc1)c1ccc(C(F)(F)F)cc1. The van der Waals surface area contributed by atoms with Crippen molar-refractivity contribution in [3.05, 3.63) is 148 Å². The van der Waals surface area contributed by atoms with Crippen LogP contribution in [0.15, 0.2) is 120 Å². The maximum absolute atomic E-state index is 13.4. The molecule has 4 aromatic carbocycles. The van der Waals surface area contributed by atoms with Gasteiger partial charge in [0.05, 0.1) is 22.3 Å². The van der Waals surface area contributed by atoms with Gasteiger partial charge < -0.3 is 0 Å². The fourth-order valence-electron chi connectivity index (χ4n) is 5.19. The van der Waals surface area contributed by atoms with Crippen LogP contribution in [0.2, 0.25) is 0 Å². The van der Waals surface area contributed by atoms with Gasteiger partial charge in [0.2, 0.25) is 0 Å². The van der Waals surface area contributed by atoms with Crippen LogP contribution in [0.5, 0.6) is 0 Å². The number of allylic oxidation sites excluding steroid dienone is 3. The fourth-order valence-corrected chi connectivity index (χ4v) is 10.3. The lowest BCUT2D eigenvalue weighted by atomic mass is 10.2. The molecule has 0 saturated carbocycles. The lowest BCUT2D eigenvalue weighted by molar-refractivity contribution is -0.138.